The quantitative estimate of drug-likeness (QED) is 0.208. The van der Waals surface area contributed by atoms with Crippen LogP contribution in [0.1, 0.15) is 79.8 Å². The van der Waals surface area contributed by atoms with Crippen LogP contribution in [0.4, 0.5) is 0 Å². The Hall–Kier alpha value is -3.34. The Morgan fingerprint density at radius 2 is 2.02 bits per heavy atom. The maximum Gasteiger partial charge on any atom is 0.257 e. The molecule has 2 aromatic heterocycles. The molecule has 0 spiro atoms. The molecule has 0 amide bonds. The van der Waals surface area contributed by atoms with E-state index in [1.54, 1.807) is 17.3 Å². The second-order valence-electron chi connectivity index (χ2n) is 12.9. The predicted octanol–water partition coefficient (Wildman–Crippen LogP) is 6.41. The lowest BCUT2D eigenvalue weighted by molar-refractivity contribution is 0.104. The van der Waals surface area contributed by atoms with Crippen LogP contribution in [0.3, 0.4) is 0 Å². The fraction of sp³-hybridized carbons (Fsp3) is 0.486. The average Bonchev–Trinajstić information content (AvgIpc) is 3.67. The summed E-state index contributed by atoms with van der Waals surface area (Å²) >= 11 is 1.69. The van der Waals surface area contributed by atoms with E-state index in [1.165, 1.54) is 28.4 Å². The van der Waals surface area contributed by atoms with Crippen LogP contribution in [0, 0.1) is 25.2 Å². The second-order valence-corrected chi connectivity index (χ2v) is 13.9. The minimum absolute atomic E-state index is 0.158. The van der Waals surface area contributed by atoms with Crippen LogP contribution in [0.5, 0.6) is 0 Å². The first-order valence-electron chi connectivity index (χ1n) is 16.4. The topological polar surface area (TPSA) is 56.0 Å². The van der Waals surface area contributed by atoms with Crippen LogP contribution in [-0.4, -0.2) is 48.9 Å². The highest BCUT2D eigenvalue weighted by Crippen LogP contribution is 2.47. The van der Waals surface area contributed by atoms with Crippen molar-refractivity contribution in [1.29, 1.82) is 0 Å². The molecule has 0 aromatic carbocycles. The third-order valence-corrected chi connectivity index (χ3v) is 11.4. The summed E-state index contributed by atoms with van der Waals surface area (Å²) < 4.78 is 4.47. The number of terminal acetylenes is 1. The van der Waals surface area contributed by atoms with Crippen molar-refractivity contribution >= 4 is 17.8 Å². The molecule has 228 valence electrons. The smallest absolute Gasteiger partial charge is 0.257 e. The highest BCUT2D eigenvalue weighted by Gasteiger charge is 2.41. The van der Waals surface area contributed by atoms with Crippen LogP contribution >= 0.6 is 11.8 Å². The minimum atomic E-state index is 0.158. The van der Waals surface area contributed by atoms with Gasteiger partial charge in [0.15, 0.2) is 5.16 Å². The van der Waals surface area contributed by atoms with Crippen molar-refractivity contribution in [3.8, 4) is 12.3 Å². The van der Waals surface area contributed by atoms with Crippen molar-refractivity contribution in [2.24, 2.45) is 5.92 Å². The Labute approximate surface area is 265 Å². The van der Waals surface area contributed by atoms with Gasteiger partial charge in [0, 0.05) is 54.3 Å². The van der Waals surface area contributed by atoms with Crippen molar-refractivity contribution in [3.05, 3.63) is 92.0 Å². The molecule has 44 heavy (non-hydrogen) atoms. The number of piperidine rings is 1. The molecular formula is C37H43N5OS. The van der Waals surface area contributed by atoms with Gasteiger partial charge in [-0.25, -0.2) is 9.97 Å². The van der Waals surface area contributed by atoms with Crippen LogP contribution in [0.15, 0.2) is 63.1 Å². The molecule has 0 saturated carbocycles. The van der Waals surface area contributed by atoms with E-state index in [4.69, 9.17) is 16.4 Å². The summed E-state index contributed by atoms with van der Waals surface area (Å²) in [4.78, 5) is 26.2. The number of rotatable bonds is 7. The van der Waals surface area contributed by atoms with Gasteiger partial charge in [-0.15, -0.1) is 6.42 Å². The third kappa shape index (κ3) is 5.41. The number of thioether (sulfide) groups is 1. The molecule has 2 aromatic rings. The fourth-order valence-electron chi connectivity index (χ4n) is 8.17. The number of hydrogen-bond donors (Lipinski definition) is 0. The molecule has 2 aliphatic carbocycles. The van der Waals surface area contributed by atoms with Crippen molar-refractivity contribution in [2.75, 3.05) is 18.8 Å². The van der Waals surface area contributed by atoms with Crippen molar-refractivity contribution < 1.29 is 0 Å². The molecule has 5 aliphatic rings. The Bertz CT molecular complexity index is 1710. The zero-order valence-corrected chi connectivity index (χ0v) is 26.9. The highest BCUT2D eigenvalue weighted by molar-refractivity contribution is 7.99. The summed E-state index contributed by atoms with van der Waals surface area (Å²) in [7, 11) is 0. The lowest BCUT2D eigenvalue weighted by Crippen LogP contribution is -2.46. The first-order chi connectivity index (χ1) is 21.6. The number of likely N-dealkylation sites (tertiary alicyclic amines) is 1. The summed E-state index contributed by atoms with van der Waals surface area (Å²) in [6.07, 6.45) is 29.5. The molecule has 3 unspecified atom stereocenters. The molecule has 7 rings (SSSR count). The standard InChI is InChI=1S/C37H43N5OS/c1-4-6-11-26(5-2)22-29-23-27(16-18-40(29)19-17-30-25(3)38-37-41(36(30)43)20-21-44-37)34-31-13-8-7-12-28(31)24-42-33-15-10-9-14-32(33)39-35(34)42/h1,5-6,8-9,11,13-14,27,29,34H,7,10,12,15-24H2,2-3H3/b11-6-,26-5+. The molecule has 1 fully saturated rings. The van der Waals surface area contributed by atoms with Crippen LogP contribution in [0.2, 0.25) is 0 Å². The molecule has 3 atom stereocenters. The lowest BCUT2D eigenvalue weighted by atomic mass is 9.72. The third-order valence-electron chi connectivity index (χ3n) is 10.5. The van der Waals surface area contributed by atoms with E-state index in [9.17, 15) is 4.79 Å². The molecule has 0 N–H and O–H groups in total. The maximum absolute atomic E-state index is 13.4. The first-order valence-corrected chi connectivity index (χ1v) is 17.4. The van der Waals surface area contributed by atoms with Gasteiger partial charge in [0.1, 0.15) is 5.82 Å². The minimum Gasteiger partial charge on any atom is -0.327 e. The lowest BCUT2D eigenvalue weighted by Gasteiger charge is -2.44. The Morgan fingerprint density at radius 3 is 2.89 bits per heavy atom. The second kappa shape index (κ2) is 12.6. The predicted molar refractivity (Wildman–Crippen MR) is 180 cm³/mol. The molecule has 1 saturated heterocycles. The summed E-state index contributed by atoms with van der Waals surface area (Å²) in [6.45, 7) is 7.77. The monoisotopic (exact) mass is 605 g/mol. The van der Waals surface area contributed by atoms with E-state index < -0.39 is 0 Å². The normalized spacial score (nSPS) is 24.8. The molecule has 7 heteroatoms. The van der Waals surface area contributed by atoms with Crippen LogP contribution < -0.4 is 5.56 Å². The number of nitrogens with zero attached hydrogens (tertiary/aromatic N) is 5. The number of aryl methyl sites for hydroxylation is 1. The average molecular weight is 606 g/mol. The van der Waals surface area contributed by atoms with Crippen molar-refractivity contribution in [3.63, 3.8) is 0 Å². The van der Waals surface area contributed by atoms with Gasteiger partial charge in [-0.05, 0) is 101 Å². The largest absolute Gasteiger partial charge is 0.327 e. The molecule has 3 aliphatic heterocycles. The van der Waals surface area contributed by atoms with E-state index in [2.05, 4.69) is 58.8 Å². The van der Waals surface area contributed by atoms with Gasteiger partial charge in [0.25, 0.3) is 5.56 Å². The van der Waals surface area contributed by atoms with Gasteiger partial charge in [0.2, 0.25) is 0 Å². The van der Waals surface area contributed by atoms with E-state index in [0.29, 0.717) is 17.9 Å². The van der Waals surface area contributed by atoms with Gasteiger partial charge in [-0.1, -0.05) is 53.6 Å². The maximum atomic E-state index is 13.4. The molecular weight excluding hydrogens is 563 g/mol. The van der Waals surface area contributed by atoms with Gasteiger partial charge in [-0.3, -0.25) is 14.3 Å². The number of hydrogen-bond acceptors (Lipinski definition) is 5. The highest BCUT2D eigenvalue weighted by atomic mass is 32.2. The van der Waals surface area contributed by atoms with E-state index in [0.717, 1.165) is 99.7 Å². The molecule has 0 radical (unpaired) electrons. The molecule has 5 heterocycles. The summed E-state index contributed by atoms with van der Waals surface area (Å²) in [5.74, 6) is 5.74. The first kappa shape index (κ1) is 29.4. The zero-order chi connectivity index (χ0) is 30.2. The van der Waals surface area contributed by atoms with E-state index >= 15 is 0 Å². The van der Waals surface area contributed by atoms with Crippen LogP contribution in [-0.2, 0) is 25.9 Å². The van der Waals surface area contributed by atoms with Gasteiger partial charge in [-0.2, -0.15) is 0 Å². The number of fused-ring (bicyclic) bond motifs is 4. The number of imidazole rings is 1. The van der Waals surface area contributed by atoms with E-state index in [1.807, 2.05) is 17.6 Å². The Kier molecular flexibility index (Phi) is 8.39. The Morgan fingerprint density at radius 1 is 1.16 bits per heavy atom. The molecule has 6 nitrogen and oxygen atoms in total. The van der Waals surface area contributed by atoms with Crippen LogP contribution in [0.25, 0.3) is 6.08 Å². The van der Waals surface area contributed by atoms with E-state index in [-0.39, 0.29) is 5.56 Å². The van der Waals surface area contributed by atoms with Gasteiger partial charge >= 0.3 is 0 Å². The van der Waals surface area contributed by atoms with Crippen molar-refractivity contribution in [1.82, 2.24) is 24.0 Å². The van der Waals surface area contributed by atoms with Gasteiger partial charge in [0.05, 0.1) is 5.69 Å². The fourth-order valence-corrected chi connectivity index (χ4v) is 9.16. The summed E-state index contributed by atoms with van der Waals surface area (Å²) in [5, 5.41) is 0.876. The van der Waals surface area contributed by atoms with Gasteiger partial charge < -0.3 is 4.57 Å². The molecule has 0 bridgehead atoms. The number of aromatic nitrogens is 4. The Balaban J connectivity index is 1.19. The number of allylic oxidation sites excluding steroid dienone is 8. The SMILES string of the molecule is C#C/C=C\C(=C/C)CC1CC(C2C3=C(CCC=C3)Cn3c2nc2c3CCC=C2)CCN1CCc1c(C)nc2n(c1=O)CCS2. The summed E-state index contributed by atoms with van der Waals surface area (Å²) in [5.41, 5.74) is 8.97. The zero-order valence-electron chi connectivity index (χ0n) is 26.1. The van der Waals surface area contributed by atoms with Crippen molar-refractivity contribution in [2.45, 2.75) is 95.4 Å². The summed E-state index contributed by atoms with van der Waals surface area (Å²) in [6, 6.07) is 0.361.